The zero-order chi connectivity index (χ0) is 13.3. The lowest BCUT2D eigenvalue weighted by Gasteiger charge is -2.23. The van der Waals surface area contributed by atoms with Gasteiger partial charge in [-0.3, -0.25) is 0 Å². The van der Waals surface area contributed by atoms with Gasteiger partial charge in [-0.15, -0.1) is 0 Å². The molecule has 1 aliphatic rings. The van der Waals surface area contributed by atoms with Crippen LogP contribution in [-0.4, -0.2) is 18.8 Å². The van der Waals surface area contributed by atoms with E-state index in [2.05, 4.69) is 22.9 Å². The van der Waals surface area contributed by atoms with E-state index in [1.807, 2.05) is 19.9 Å². The van der Waals surface area contributed by atoms with Crippen molar-refractivity contribution in [2.45, 2.75) is 39.2 Å². The first-order valence-corrected chi connectivity index (χ1v) is 7.04. The minimum Gasteiger partial charge on any atom is -0.490 e. The molecule has 18 heavy (non-hydrogen) atoms. The summed E-state index contributed by atoms with van der Waals surface area (Å²) in [6.07, 6.45) is 1.72. The predicted octanol–water partition coefficient (Wildman–Crippen LogP) is 3.20. The Morgan fingerprint density at radius 1 is 1.33 bits per heavy atom. The fourth-order valence-electron chi connectivity index (χ4n) is 2.14. The fraction of sp³-hybridized carbons (Fsp3) is 0.571. The molecule has 0 atom stereocenters. The summed E-state index contributed by atoms with van der Waals surface area (Å²) >= 11 is 3.61. The zero-order valence-corrected chi connectivity index (χ0v) is 12.8. The molecule has 1 aliphatic heterocycles. The fourth-order valence-corrected chi connectivity index (χ4v) is 2.79. The third-order valence-electron chi connectivity index (χ3n) is 2.99. The first kappa shape index (κ1) is 13.7. The summed E-state index contributed by atoms with van der Waals surface area (Å²) in [7, 11) is 0. The highest BCUT2D eigenvalue weighted by Gasteiger charge is 2.22. The Hall–Kier alpha value is -0.740. The van der Waals surface area contributed by atoms with Gasteiger partial charge in [0.1, 0.15) is 0 Å². The number of halogens is 1. The minimum atomic E-state index is -0.243. The molecule has 100 valence electrons. The maximum atomic E-state index is 6.12. The molecule has 2 rings (SSSR count). The molecule has 0 bridgehead atoms. The number of hydrogen-bond acceptors (Lipinski definition) is 3. The van der Waals surface area contributed by atoms with Crippen LogP contribution in [0.3, 0.4) is 0 Å². The summed E-state index contributed by atoms with van der Waals surface area (Å²) in [5, 5.41) is 0. The third-order valence-corrected chi connectivity index (χ3v) is 3.70. The van der Waals surface area contributed by atoms with E-state index in [0.717, 1.165) is 34.4 Å². The van der Waals surface area contributed by atoms with Crippen molar-refractivity contribution in [3.8, 4) is 11.5 Å². The Balaban J connectivity index is 2.45. The first-order chi connectivity index (χ1) is 8.38. The number of benzene rings is 1. The summed E-state index contributed by atoms with van der Waals surface area (Å²) in [5.41, 5.74) is 8.20. The van der Waals surface area contributed by atoms with E-state index in [1.165, 1.54) is 5.56 Å². The summed E-state index contributed by atoms with van der Waals surface area (Å²) in [4.78, 5) is 0. The molecule has 0 spiro atoms. The van der Waals surface area contributed by atoms with E-state index >= 15 is 0 Å². The predicted molar refractivity (Wildman–Crippen MR) is 76.5 cm³/mol. The highest BCUT2D eigenvalue weighted by Crippen LogP contribution is 2.40. The molecule has 0 unspecified atom stereocenters. The van der Waals surface area contributed by atoms with Gasteiger partial charge in [-0.2, -0.15) is 0 Å². The van der Waals surface area contributed by atoms with Crippen molar-refractivity contribution in [1.29, 1.82) is 0 Å². The van der Waals surface area contributed by atoms with Gasteiger partial charge in [0, 0.05) is 16.4 Å². The maximum absolute atomic E-state index is 6.12. The Morgan fingerprint density at radius 2 is 2.00 bits per heavy atom. The minimum absolute atomic E-state index is 0.243. The van der Waals surface area contributed by atoms with Crippen molar-refractivity contribution in [2.75, 3.05) is 13.2 Å². The van der Waals surface area contributed by atoms with Crippen LogP contribution < -0.4 is 15.2 Å². The number of nitrogens with two attached hydrogens (primary N) is 1. The molecule has 0 aromatic heterocycles. The first-order valence-electron chi connectivity index (χ1n) is 6.25. The van der Waals surface area contributed by atoms with Gasteiger partial charge in [-0.1, -0.05) is 15.9 Å². The van der Waals surface area contributed by atoms with Crippen molar-refractivity contribution in [3.05, 3.63) is 21.7 Å². The molecular weight excluding hydrogens is 294 g/mol. The standard InChI is InChI=1S/C14H20BrNO2/c1-9-10(8-14(2,3)16)11(15)7-12-13(9)18-6-4-5-17-12/h7H,4-6,8,16H2,1-3H3. The van der Waals surface area contributed by atoms with Gasteiger partial charge < -0.3 is 15.2 Å². The lowest BCUT2D eigenvalue weighted by molar-refractivity contribution is 0.296. The van der Waals surface area contributed by atoms with Gasteiger partial charge >= 0.3 is 0 Å². The monoisotopic (exact) mass is 313 g/mol. The zero-order valence-electron chi connectivity index (χ0n) is 11.2. The van der Waals surface area contributed by atoms with Gasteiger partial charge in [-0.05, 0) is 44.4 Å². The molecule has 2 N–H and O–H groups in total. The molecule has 0 saturated carbocycles. The van der Waals surface area contributed by atoms with Gasteiger partial charge in [0.15, 0.2) is 11.5 Å². The molecular formula is C14H20BrNO2. The highest BCUT2D eigenvalue weighted by molar-refractivity contribution is 9.10. The largest absolute Gasteiger partial charge is 0.490 e. The van der Waals surface area contributed by atoms with E-state index < -0.39 is 0 Å². The van der Waals surface area contributed by atoms with E-state index in [4.69, 9.17) is 15.2 Å². The third kappa shape index (κ3) is 2.98. The second-order valence-electron chi connectivity index (χ2n) is 5.51. The normalized spacial score (nSPS) is 15.4. The molecule has 0 radical (unpaired) electrons. The molecule has 3 nitrogen and oxygen atoms in total. The molecule has 0 aliphatic carbocycles. The van der Waals surface area contributed by atoms with E-state index in [-0.39, 0.29) is 5.54 Å². The van der Waals surface area contributed by atoms with Crippen molar-refractivity contribution >= 4 is 15.9 Å². The lowest BCUT2D eigenvalue weighted by atomic mass is 9.93. The average molecular weight is 314 g/mol. The topological polar surface area (TPSA) is 44.5 Å². The van der Waals surface area contributed by atoms with Crippen LogP contribution in [0.15, 0.2) is 10.5 Å². The summed E-state index contributed by atoms with van der Waals surface area (Å²) in [6.45, 7) is 7.55. The van der Waals surface area contributed by atoms with Gasteiger partial charge in [0.2, 0.25) is 0 Å². The highest BCUT2D eigenvalue weighted by atomic mass is 79.9. The van der Waals surface area contributed by atoms with Crippen LogP contribution in [0.2, 0.25) is 0 Å². The molecule has 0 amide bonds. The Bertz CT molecular complexity index is 452. The Kier molecular flexibility index (Phi) is 3.87. The molecule has 1 aromatic rings. The summed E-state index contributed by atoms with van der Waals surface area (Å²) in [5.74, 6) is 1.70. The van der Waals surface area contributed by atoms with Gasteiger partial charge in [0.25, 0.3) is 0 Å². The smallest absolute Gasteiger partial charge is 0.164 e. The van der Waals surface area contributed by atoms with Crippen molar-refractivity contribution in [1.82, 2.24) is 0 Å². The number of hydrogen-bond donors (Lipinski definition) is 1. The lowest BCUT2D eigenvalue weighted by Crippen LogP contribution is -2.34. The molecule has 1 heterocycles. The van der Waals surface area contributed by atoms with Gasteiger partial charge in [0.05, 0.1) is 13.2 Å². The van der Waals surface area contributed by atoms with Crippen LogP contribution in [0.1, 0.15) is 31.4 Å². The van der Waals surface area contributed by atoms with E-state index in [9.17, 15) is 0 Å². The Labute approximate surface area is 117 Å². The van der Waals surface area contributed by atoms with Crippen LogP contribution in [0, 0.1) is 6.92 Å². The second kappa shape index (κ2) is 5.10. The number of ether oxygens (including phenoxy) is 2. The van der Waals surface area contributed by atoms with Crippen molar-refractivity contribution in [2.24, 2.45) is 5.73 Å². The van der Waals surface area contributed by atoms with Gasteiger partial charge in [-0.25, -0.2) is 0 Å². The van der Waals surface area contributed by atoms with Crippen molar-refractivity contribution in [3.63, 3.8) is 0 Å². The van der Waals surface area contributed by atoms with E-state index in [0.29, 0.717) is 13.2 Å². The van der Waals surface area contributed by atoms with Crippen LogP contribution in [0.25, 0.3) is 0 Å². The number of rotatable bonds is 2. The molecule has 1 aromatic carbocycles. The molecule has 0 fully saturated rings. The quantitative estimate of drug-likeness (QED) is 0.912. The maximum Gasteiger partial charge on any atom is 0.164 e. The Morgan fingerprint density at radius 3 is 2.67 bits per heavy atom. The second-order valence-corrected chi connectivity index (χ2v) is 6.36. The summed E-state index contributed by atoms with van der Waals surface area (Å²) in [6, 6.07) is 1.99. The van der Waals surface area contributed by atoms with Crippen LogP contribution >= 0.6 is 15.9 Å². The molecule has 4 heteroatoms. The molecule has 0 saturated heterocycles. The van der Waals surface area contributed by atoms with E-state index in [1.54, 1.807) is 0 Å². The van der Waals surface area contributed by atoms with Crippen molar-refractivity contribution < 1.29 is 9.47 Å². The summed E-state index contributed by atoms with van der Waals surface area (Å²) < 4.78 is 12.6. The number of fused-ring (bicyclic) bond motifs is 1. The average Bonchev–Trinajstić information content (AvgIpc) is 2.48. The van der Waals surface area contributed by atoms with Crippen LogP contribution in [0.5, 0.6) is 11.5 Å². The van der Waals surface area contributed by atoms with Crippen LogP contribution in [-0.2, 0) is 6.42 Å². The SMILES string of the molecule is Cc1c(CC(C)(C)N)c(Br)cc2c1OCCCO2. The van der Waals surface area contributed by atoms with Crippen LogP contribution in [0.4, 0.5) is 0 Å².